The van der Waals surface area contributed by atoms with Crippen molar-refractivity contribution in [1.82, 2.24) is 19.7 Å². The Morgan fingerprint density at radius 2 is 2.21 bits per heavy atom. The molecule has 1 aromatic carbocycles. The summed E-state index contributed by atoms with van der Waals surface area (Å²) < 4.78 is 2.86. The second-order valence-corrected chi connectivity index (χ2v) is 5.98. The highest BCUT2D eigenvalue weighted by Crippen LogP contribution is 2.27. The minimum absolute atomic E-state index is 0.867. The molecule has 4 nitrogen and oxygen atoms in total. The second-order valence-electron chi connectivity index (χ2n) is 4.10. The number of thioether (sulfide) groups is 1. The molecule has 0 radical (unpaired) electrons. The highest BCUT2D eigenvalue weighted by atomic mass is 79.9. The van der Waals surface area contributed by atoms with Crippen LogP contribution >= 0.6 is 27.7 Å². The number of rotatable bonds is 3. The number of nitrogens with zero attached hydrogens (tertiary/aromatic N) is 4. The maximum Gasteiger partial charge on any atom is 0.162 e. The predicted octanol–water partition coefficient (Wildman–Crippen LogP) is 3.42. The van der Waals surface area contributed by atoms with Gasteiger partial charge >= 0.3 is 0 Å². The first-order chi connectivity index (χ1) is 9.24. The smallest absolute Gasteiger partial charge is 0.162 e. The number of hydrogen-bond donors (Lipinski definition) is 0. The molecule has 0 unspecified atom stereocenters. The molecule has 96 valence electrons. The largest absolute Gasteiger partial charge is 0.250 e. The number of aromatic nitrogens is 4. The summed E-state index contributed by atoms with van der Waals surface area (Å²) in [6.07, 6.45) is 3.41. The Hall–Kier alpha value is -1.40. The molecule has 0 aliphatic heterocycles. The van der Waals surface area contributed by atoms with Crippen molar-refractivity contribution in [3.05, 3.63) is 46.8 Å². The van der Waals surface area contributed by atoms with Crippen LogP contribution in [0.4, 0.5) is 0 Å². The Balaban J connectivity index is 1.86. The average molecular weight is 335 g/mol. The van der Waals surface area contributed by atoms with Crippen LogP contribution in [-0.4, -0.2) is 19.7 Å². The summed E-state index contributed by atoms with van der Waals surface area (Å²) in [5.74, 6) is 0.875. The molecule has 0 atom stereocenters. The second kappa shape index (κ2) is 5.30. The van der Waals surface area contributed by atoms with Gasteiger partial charge in [0, 0.05) is 17.3 Å². The summed E-state index contributed by atoms with van der Waals surface area (Å²) in [6.45, 7) is 0. The van der Waals surface area contributed by atoms with E-state index in [2.05, 4.69) is 43.1 Å². The molecule has 6 heteroatoms. The van der Waals surface area contributed by atoms with E-state index in [1.807, 2.05) is 25.4 Å². The minimum Gasteiger partial charge on any atom is -0.250 e. The Kier molecular flexibility index (Phi) is 3.52. The molecule has 0 bridgehead atoms. The van der Waals surface area contributed by atoms with Crippen LogP contribution in [0.25, 0.3) is 11.0 Å². The molecular weight excluding hydrogens is 324 g/mol. The summed E-state index contributed by atoms with van der Waals surface area (Å²) in [6, 6.07) is 8.30. The fraction of sp³-hybridized carbons (Fsp3) is 0.154. The van der Waals surface area contributed by atoms with E-state index in [0.717, 1.165) is 26.3 Å². The van der Waals surface area contributed by atoms with Gasteiger partial charge in [-0.05, 0) is 17.7 Å². The molecule has 2 aromatic heterocycles. The van der Waals surface area contributed by atoms with E-state index >= 15 is 0 Å². The number of hydrogen-bond acceptors (Lipinski definition) is 4. The third-order valence-electron chi connectivity index (χ3n) is 2.76. The van der Waals surface area contributed by atoms with Gasteiger partial charge in [0.15, 0.2) is 5.65 Å². The zero-order valence-electron chi connectivity index (χ0n) is 10.2. The van der Waals surface area contributed by atoms with Crippen molar-refractivity contribution < 1.29 is 0 Å². The van der Waals surface area contributed by atoms with E-state index in [4.69, 9.17) is 0 Å². The van der Waals surface area contributed by atoms with Crippen molar-refractivity contribution in [2.24, 2.45) is 7.05 Å². The highest BCUT2D eigenvalue weighted by Gasteiger charge is 2.08. The van der Waals surface area contributed by atoms with Crippen LogP contribution in [-0.2, 0) is 12.8 Å². The average Bonchev–Trinajstić information content (AvgIpc) is 2.79. The van der Waals surface area contributed by atoms with E-state index in [1.54, 1.807) is 22.8 Å². The molecule has 0 saturated carbocycles. The molecule has 2 heterocycles. The number of halogens is 1. The van der Waals surface area contributed by atoms with Crippen molar-refractivity contribution in [3.8, 4) is 0 Å². The van der Waals surface area contributed by atoms with E-state index in [-0.39, 0.29) is 0 Å². The molecule has 0 spiro atoms. The first kappa shape index (κ1) is 12.6. The molecule has 0 aliphatic rings. The summed E-state index contributed by atoms with van der Waals surface area (Å²) >= 11 is 5.18. The summed E-state index contributed by atoms with van der Waals surface area (Å²) in [7, 11) is 1.89. The lowest BCUT2D eigenvalue weighted by Crippen LogP contribution is -1.92. The van der Waals surface area contributed by atoms with Crippen LogP contribution in [0.1, 0.15) is 5.56 Å². The van der Waals surface area contributed by atoms with Gasteiger partial charge in [-0.3, -0.25) is 4.68 Å². The monoisotopic (exact) mass is 334 g/mol. The first-order valence-electron chi connectivity index (χ1n) is 5.74. The molecule has 0 saturated heterocycles. The lowest BCUT2D eigenvalue weighted by molar-refractivity contribution is 0.784. The number of aryl methyl sites for hydroxylation is 1. The van der Waals surface area contributed by atoms with Gasteiger partial charge in [-0.25, -0.2) is 9.97 Å². The van der Waals surface area contributed by atoms with E-state index in [9.17, 15) is 0 Å². The van der Waals surface area contributed by atoms with Gasteiger partial charge in [-0.15, -0.1) is 11.8 Å². The topological polar surface area (TPSA) is 43.6 Å². The van der Waals surface area contributed by atoms with Crippen LogP contribution in [0, 0.1) is 0 Å². The van der Waals surface area contributed by atoms with Gasteiger partial charge in [-0.2, -0.15) is 5.10 Å². The normalized spacial score (nSPS) is 11.1. The van der Waals surface area contributed by atoms with Crippen LogP contribution in [0.2, 0.25) is 0 Å². The highest BCUT2D eigenvalue weighted by molar-refractivity contribution is 9.10. The van der Waals surface area contributed by atoms with Gasteiger partial charge in [0.2, 0.25) is 0 Å². The number of fused-ring (bicyclic) bond motifs is 1. The van der Waals surface area contributed by atoms with Crippen molar-refractivity contribution in [2.45, 2.75) is 10.8 Å². The third-order valence-corrected chi connectivity index (χ3v) is 4.33. The van der Waals surface area contributed by atoms with Crippen molar-refractivity contribution in [3.63, 3.8) is 0 Å². The fourth-order valence-corrected chi connectivity index (χ4v) is 3.18. The van der Waals surface area contributed by atoms with Crippen molar-refractivity contribution >= 4 is 38.7 Å². The van der Waals surface area contributed by atoms with E-state index in [1.165, 1.54) is 5.56 Å². The SMILES string of the molecule is Cn1ncc2c(SCc3cccc(Br)c3)ncnc21. The van der Waals surface area contributed by atoms with Crippen LogP contribution < -0.4 is 0 Å². The predicted molar refractivity (Wildman–Crippen MR) is 80.0 cm³/mol. The van der Waals surface area contributed by atoms with Gasteiger partial charge < -0.3 is 0 Å². The zero-order valence-corrected chi connectivity index (χ0v) is 12.6. The molecule has 0 amide bonds. The maximum absolute atomic E-state index is 4.34. The van der Waals surface area contributed by atoms with Crippen LogP contribution in [0.3, 0.4) is 0 Å². The zero-order chi connectivity index (χ0) is 13.2. The van der Waals surface area contributed by atoms with Crippen molar-refractivity contribution in [1.29, 1.82) is 0 Å². The molecule has 3 rings (SSSR count). The summed E-state index contributed by atoms with van der Waals surface area (Å²) in [4.78, 5) is 8.58. The van der Waals surface area contributed by atoms with Crippen LogP contribution in [0.15, 0.2) is 46.3 Å². The summed E-state index contributed by atoms with van der Waals surface area (Å²) in [5, 5.41) is 6.19. The van der Waals surface area contributed by atoms with Gasteiger partial charge in [0.1, 0.15) is 11.4 Å². The first-order valence-corrected chi connectivity index (χ1v) is 7.52. The Labute approximate surface area is 123 Å². The minimum atomic E-state index is 0.867. The van der Waals surface area contributed by atoms with E-state index < -0.39 is 0 Å². The molecule has 0 N–H and O–H groups in total. The molecule has 3 aromatic rings. The molecular formula is C13H11BrN4S. The molecule has 0 aliphatic carbocycles. The lowest BCUT2D eigenvalue weighted by atomic mass is 10.2. The Morgan fingerprint density at radius 3 is 3.05 bits per heavy atom. The van der Waals surface area contributed by atoms with Gasteiger partial charge in [-0.1, -0.05) is 28.1 Å². The van der Waals surface area contributed by atoms with Crippen molar-refractivity contribution in [2.75, 3.05) is 0 Å². The number of benzene rings is 1. The standard InChI is InChI=1S/C13H11BrN4S/c1-18-12-11(6-17-18)13(16-8-15-12)19-7-9-3-2-4-10(14)5-9/h2-6,8H,7H2,1H3. The maximum atomic E-state index is 4.34. The fourth-order valence-electron chi connectivity index (χ4n) is 1.83. The summed E-state index contributed by atoms with van der Waals surface area (Å²) in [5.41, 5.74) is 2.13. The third kappa shape index (κ3) is 2.64. The molecule has 0 fully saturated rings. The molecule has 19 heavy (non-hydrogen) atoms. The van der Waals surface area contributed by atoms with Crippen LogP contribution in [0.5, 0.6) is 0 Å². The Morgan fingerprint density at radius 1 is 1.32 bits per heavy atom. The van der Waals surface area contributed by atoms with Gasteiger partial charge in [0.05, 0.1) is 11.6 Å². The van der Waals surface area contributed by atoms with Gasteiger partial charge in [0.25, 0.3) is 0 Å². The Bertz CT molecular complexity index is 725. The quantitative estimate of drug-likeness (QED) is 0.543. The van der Waals surface area contributed by atoms with E-state index in [0.29, 0.717) is 0 Å². The lowest BCUT2D eigenvalue weighted by Gasteiger charge is -2.03.